The standard InChI is InChI=1S/C14H19N3O2/c1-5-11-8-10(6-7-12(11)16-17-15)9-19-13(18)14(2,3)4/h6-8H,5,9H2,1-4H3. The van der Waals surface area contributed by atoms with Gasteiger partial charge in [0.05, 0.1) is 5.41 Å². The van der Waals surface area contributed by atoms with E-state index in [2.05, 4.69) is 10.0 Å². The van der Waals surface area contributed by atoms with Crippen LogP contribution in [0.2, 0.25) is 0 Å². The molecular weight excluding hydrogens is 242 g/mol. The van der Waals surface area contributed by atoms with Gasteiger partial charge >= 0.3 is 5.97 Å². The van der Waals surface area contributed by atoms with E-state index in [-0.39, 0.29) is 12.6 Å². The molecule has 0 N–H and O–H groups in total. The molecule has 0 amide bonds. The molecule has 0 bridgehead atoms. The van der Waals surface area contributed by atoms with Crippen LogP contribution < -0.4 is 0 Å². The van der Waals surface area contributed by atoms with Crippen LogP contribution >= 0.6 is 0 Å². The molecule has 0 saturated heterocycles. The van der Waals surface area contributed by atoms with Crippen molar-refractivity contribution in [1.29, 1.82) is 0 Å². The lowest BCUT2D eigenvalue weighted by Crippen LogP contribution is -2.22. The molecule has 0 heterocycles. The molecule has 0 aliphatic heterocycles. The molecule has 0 atom stereocenters. The van der Waals surface area contributed by atoms with E-state index < -0.39 is 5.41 Å². The first-order chi connectivity index (χ1) is 8.88. The van der Waals surface area contributed by atoms with Crippen LogP contribution in [0.3, 0.4) is 0 Å². The predicted octanol–water partition coefficient (Wildman–Crippen LogP) is 4.28. The Morgan fingerprint density at radius 3 is 2.63 bits per heavy atom. The molecule has 0 radical (unpaired) electrons. The van der Waals surface area contributed by atoms with Crippen LogP contribution in [0, 0.1) is 5.41 Å². The Hall–Kier alpha value is -2.00. The van der Waals surface area contributed by atoms with Gasteiger partial charge in [0.15, 0.2) is 0 Å². The van der Waals surface area contributed by atoms with Gasteiger partial charge in [-0.05, 0) is 43.9 Å². The van der Waals surface area contributed by atoms with Crippen LogP contribution in [0.4, 0.5) is 5.69 Å². The van der Waals surface area contributed by atoms with Crippen molar-refractivity contribution < 1.29 is 9.53 Å². The zero-order valence-electron chi connectivity index (χ0n) is 11.8. The van der Waals surface area contributed by atoms with Gasteiger partial charge in [0.25, 0.3) is 0 Å². The van der Waals surface area contributed by atoms with Crippen molar-refractivity contribution in [3.8, 4) is 0 Å². The second-order valence-corrected chi connectivity index (χ2v) is 5.33. The fourth-order valence-electron chi connectivity index (χ4n) is 1.52. The molecule has 0 saturated carbocycles. The molecule has 19 heavy (non-hydrogen) atoms. The Balaban J connectivity index is 2.81. The fourth-order valence-corrected chi connectivity index (χ4v) is 1.52. The second-order valence-electron chi connectivity index (χ2n) is 5.33. The van der Waals surface area contributed by atoms with Crippen molar-refractivity contribution in [3.63, 3.8) is 0 Å². The van der Waals surface area contributed by atoms with E-state index in [0.29, 0.717) is 5.69 Å². The van der Waals surface area contributed by atoms with Crippen molar-refractivity contribution >= 4 is 11.7 Å². The average Bonchev–Trinajstić information content (AvgIpc) is 2.36. The minimum atomic E-state index is -0.501. The van der Waals surface area contributed by atoms with Crippen molar-refractivity contribution in [2.45, 2.75) is 40.7 Å². The van der Waals surface area contributed by atoms with Gasteiger partial charge in [-0.15, -0.1) is 0 Å². The maximum Gasteiger partial charge on any atom is 0.311 e. The minimum Gasteiger partial charge on any atom is -0.460 e. The molecule has 1 aromatic carbocycles. The van der Waals surface area contributed by atoms with Gasteiger partial charge in [0, 0.05) is 10.6 Å². The molecule has 0 spiro atoms. The smallest absolute Gasteiger partial charge is 0.311 e. The summed E-state index contributed by atoms with van der Waals surface area (Å²) in [5.41, 5.74) is 10.4. The van der Waals surface area contributed by atoms with Gasteiger partial charge in [0.2, 0.25) is 0 Å². The van der Waals surface area contributed by atoms with Crippen molar-refractivity contribution in [1.82, 2.24) is 0 Å². The summed E-state index contributed by atoms with van der Waals surface area (Å²) in [5.74, 6) is -0.232. The lowest BCUT2D eigenvalue weighted by Gasteiger charge is -2.16. The zero-order valence-corrected chi connectivity index (χ0v) is 11.8. The Labute approximate surface area is 113 Å². The van der Waals surface area contributed by atoms with Crippen LogP contribution in [-0.4, -0.2) is 5.97 Å². The van der Waals surface area contributed by atoms with Crippen molar-refractivity contribution in [2.75, 3.05) is 0 Å². The number of carbonyl (C=O) groups excluding carboxylic acids is 1. The molecule has 1 aromatic rings. The Kier molecular flexibility index (Phi) is 4.95. The maximum atomic E-state index is 11.7. The molecule has 0 aliphatic rings. The van der Waals surface area contributed by atoms with E-state index in [4.69, 9.17) is 10.3 Å². The number of ether oxygens (including phenoxy) is 1. The van der Waals surface area contributed by atoms with Crippen LogP contribution in [0.1, 0.15) is 38.8 Å². The van der Waals surface area contributed by atoms with Crippen LogP contribution in [0.5, 0.6) is 0 Å². The summed E-state index contributed by atoms with van der Waals surface area (Å²) in [5, 5.41) is 3.63. The molecule has 102 valence electrons. The van der Waals surface area contributed by atoms with E-state index in [1.165, 1.54) is 0 Å². The topological polar surface area (TPSA) is 75.1 Å². The monoisotopic (exact) mass is 261 g/mol. The van der Waals surface area contributed by atoms with Gasteiger partial charge in [-0.3, -0.25) is 4.79 Å². The molecule has 0 aliphatic carbocycles. The molecular formula is C14H19N3O2. The minimum absolute atomic E-state index is 0.232. The SMILES string of the molecule is CCc1cc(COC(=O)C(C)(C)C)ccc1N=[N+]=[N-]. The third-order valence-corrected chi connectivity index (χ3v) is 2.66. The Bertz CT molecular complexity index is 512. The fraction of sp³-hybridized carbons (Fsp3) is 0.500. The highest BCUT2D eigenvalue weighted by Crippen LogP contribution is 2.23. The highest BCUT2D eigenvalue weighted by Gasteiger charge is 2.22. The molecule has 0 unspecified atom stereocenters. The molecule has 5 heteroatoms. The summed E-state index contributed by atoms with van der Waals surface area (Å²) in [6.07, 6.45) is 0.759. The lowest BCUT2D eigenvalue weighted by atomic mass is 9.97. The normalized spacial score (nSPS) is 10.7. The summed E-state index contributed by atoms with van der Waals surface area (Å²) in [4.78, 5) is 14.5. The maximum absolute atomic E-state index is 11.7. The average molecular weight is 261 g/mol. The summed E-state index contributed by atoms with van der Waals surface area (Å²) in [6.45, 7) is 7.67. The first-order valence-electron chi connectivity index (χ1n) is 6.22. The van der Waals surface area contributed by atoms with Gasteiger partial charge < -0.3 is 4.74 Å². The summed E-state index contributed by atoms with van der Waals surface area (Å²) in [7, 11) is 0. The first-order valence-corrected chi connectivity index (χ1v) is 6.22. The largest absolute Gasteiger partial charge is 0.460 e. The van der Waals surface area contributed by atoms with E-state index in [1.807, 2.05) is 33.8 Å². The van der Waals surface area contributed by atoms with E-state index in [9.17, 15) is 4.79 Å². The van der Waals surface area contributed by atoms with E-state index in [0.717, 1.165) is 17.5 Å². The number of benzene rings is 1. The highest BCUT2D eigenvalue weighted by atomic mass is 16.5. The number of esters is 1. The number of rotatable bonds is 4. The van der Waals surface area contributed by atoms with Gasteiger partial charge in [-0.25, -0.2) is 0 Å². The van der Waals surface area contributed by atoms with Crippen LogP contribution in [-0.2, 0) is 22.6 Å². The third kappa shape index (κ3) is 4.30. The van der Waals surface area contributed by atoms with Gasteiger partial charge in [-0.2, -0.15) is 0 Å². The zero-order chi connectivity index (χ0) is 14.5. The third-order valence-electron chi connectivity index (χ3n) is 2.66. The van der Waals surface area contributed by atoms with Gasteiger partial charge in [0.1, 0.15) is 6.61 Å². The van der Waals surface area contributed by atoms with E-state index in [1.54, 1.807) is 12.1 Å². The van der Waals surface area contributed by atoms with Crippen molar-refractivity contribution in [3.05, 3.63) is 39.8 Å². The summed E-state index contributed by atoms with van der Waals surface area (Å²) >= 11 is 0. The number of nitrogens with zero attached hydrogens (tertiary/aromatic N) is 3. The van der Waals surface area contributed by atoms with E-state index >= 15 is 0 Å². The summed E-state index contributed by atoms with van der Waals surface area (Å²) < 4.78 is 5.25. The number of azide groups is 1. The number of carbonyl (C=O) groups is 1. The quantitative estimate of drug-likeness (QED) is 0.351. The Morgan fingerprint density at radius 2 is 2.11 bits per heavy atom. The molecule has 1 rings (SSSR count). The second kappa shape index (κ2) is 6.25. The van der Waals surface area contributed by atoms with Crippen molar-refractivity contribution in [2.24, 2.45) is 10.5 Å². The number of aryl methyl sites for hydroxylation is 1. The molecule has 5 nitrogen and oxygen atoms in total. The van der Waals surface area contributed by atoms with Gasteiger partial charge in [-0.1, -0.05) is 30.2 Å². The number of hydrogen-bond acceptors (Lipinski definition) is 3. The molecule has 0 fully saturated rings. The number of hydrogen-bond donors (Lipinski definition) is 0. The lowest BCUT2D eigenvalue weighted by molar-refractivity contribution is -0.154. The first kappa shape index (κ1) is 15.1. The molecule has 0 aromatic heterocycles. The highest BCUT2D eigenvalue weighted by molar-refractivity contribution is 5.75. The van der Waals surface area contributed by atoms with Crippen LogP contribution in [0.15, 0.2) is 23.3 Å². The predicted molar refractivity (Wildman–Crippen MR) is 73.9 cm³/mol. The Morgan fingerprint density at radius 1 is 1.42 bits per heavy atom. The summed E-state index contributed by atoms with van der Waals surface area (Å²) in [6, 6.07) is 5.46. The van der Waals surface area contributed by atoms with Crippen LogP contribution in [0.25, 0.3) is 10.4 Å².